The van der Waals surface area contributed by atoms with Gasteiger partial charge in [0.2, 0.25) is 5.91 Å². The lowest BCUT2D eigenvalue weighted by atomic mass is 10.2. The van der Waals surface area contributed by atoms with E-state index in [1.54, 1.807) is 6.92 Å². The zero-order valence-corrected chi connectivity index (χ0v) is 13.8. The topological polar surface area (TPSA) is 53.7 Å². The zero-order valence-electron chi connectivity index (χ0n) is 13.8. The minimum atomic E-state index is 0.152. The van der Waals surface area contributed by atoms with Crippen molar-refractivity contribution in [3.8, 4) is 0 Å². The van der Waals surface area contributed by atoms with E-state index in [9.17, 15) is 4.79 Å². The monoisotopic (exact) mass is 301 g/mol. The van der Waals surface area contributed by atoms with E-state index in [1.165, 1.54) is 0 Å². The molecule has 3 heterocycles. The van der Waals surface area contributed by atoms with Crippen LogP contribution < -0.4 is 4.90 Å². The number of aryl methyl sites for hydroxylation is 3. The second-order valence-corrected chi connectivity index (χ2v) is 5.90. The molecule has 0 saturated carbocycles. The Morgan fingerprint density at radius 2 is 1.91 bits per heavy atom. The lowest BCUT2D eigenvalue weighted by Crippen LogP contribution is -2.48. The highest BCUT2D eigenvalue weighted by molar-refractivity contribution is 5.73. The Labute approximate surface area is 130 Å². The first-order valence-electron chi connectivity index (χ1n) is 7.87. The van der Waals surface area contributed by atoms with E-state index in [-0.39, 0.29) is 5.91 Å². The first-order valence-corrected chi connectivity index (χ1v) is 7.87. The maximum Gasteiger partial charge on any atom is 0.219 e. The molecule has 1 aliphatic rings. The number of carbonyl (C=O) groups excluding carboxylic acids is 1. The van der Waals surface area contributed by atoms with Crippen LogP contribution >= 0.6 is 0 Å². The van der Waals surface area contributed by atoms with E-state index in [0.29, 0.717) is 0 Å². The van der Waals surface area contributed by atoms with Crippen LogP contribution in [0, 0.1) is 13.8 Å². The van der Waals surface area contributed by atoms with E-state index in [4.69, 9.17) is 4.98 Å². The highest BCUT2D eigenvalue weighted by atomic mass is 16.2. The number of piperazine rings is 1. The maximum absolute atomic E-state index is 11.5. The summed E-state index contributed by atoms with van der Waals surface area (Å²) in [5.41, 5.74) is 4.18. The number of rotatable bonds is 2. The Morgan fingerprint density at radius 3 is 2.50 bits per heavy atom. The summed E-state index contributed by atoms with van der Waals surface area (Å²) in [7, 11) is 0. The number of carbonyl (C=O) groups is 1. The SMILES string of the molecule is CCc1cc(N2CCN(C(C)=O)CC2)n2nc(C)c(C)c2n1. The molecule has 6 heteroatoms. The molecule has 1 aliphatic heterocycles. The normalized spacial score (nSPS) is 15.6. The van der Waals surface area contributed by atoms with Crippen molar-refractivity contribution < 1.29 is 4.79 Å². The fraction of sp³-hybridized carbons (Fsp3) is 0.562. The molecule has 1 amide bonds. The molecular formula is C16H23N5O. The quantitative estimate of drug-likeness (QED) is 0.845. The van der Waals surface area contributed by atoms with Crippen LogP contribution in [-0.4, -0.2) is 51.6 Å². The largest absolute Gasteiger partial charge is 0.353 e. The molecule has 0 N–H and O–H groups in total. The van der Waals surface area contributed by atoms with Crippen molar-refractivity contribution in [2.45, 2.75) is 34.1 Å². The summed E-state index contributed by atoms with van der Waals surface area (Å²) < 4.78 is 1.95. The van der Waals surface area contributed by atoms with Crippen molar-refractivity contribution >= 4 is 17.4 Å². The Morgan fingerprint density at radius 1 is 1.23 bits per heavy atom. The first-order chi connectivity index (χ1) is 10.5. The summed E-state index contributed by atoms with van der Waals surface area (Å²) in [6, 6.07) is 2.13. The van der Waals surface area contributed by atoms with Gasteiger partial charge in [0.1, 0.15) is 5.82 Å². The molecule has 0 aromatic carbocycles. The molecule has 0 aliphatic carbocycles. The Hall–Kier alpha value is -2.11. The Kier molecular flexibility index (Phi) is 3.76. The molecule has 0 atom stereocenters. The van der Waals surface area contributed by atoms with Crippen LogP contribution in [0.3, 0.4) is 0 Å². The van der Waals surface area contributed by atoms with Crippen LogP contribution in [0.1, 0.15) is 30.8 Å². The van der Waals surface area contributed by atoms with Gasteiger partial charge in [-0.05, 0) is 20.3 Å². The third-order valence-corrected chi connectivity index (χ3v) is 4.50. The fourth-order valence-corrected chi connectivity index (χ4v) is 2.92. The van der Waals surface area contributed by atoms with Crippen molar-refractivity contribution in [1.82, 2.24) is 19.5 Å². The highest BCUT2D eigenvalue weighted by Crippen LogP contribution is 2.22. The standard InChI is InChI=1S/C16H23N5O/c1-5-14-10-15(20-8-6-19(7-9-20)13(4)22)21-16(17-14)11(2)12(3)18-21/h10H,5-9H2,1-4H3. The number of anilines is 1. The van der Waals surface area contributed by atoms with Crippen molar-refractivity contribution in [2.24, 2.45) is 0 Å². The van der Waals surface area contributed by atoms with Crippen molar-refractivity contribution in [1.29, 1.82) is 0 Å². The number of aromatic nitrogens is 3. The van der Waals surface area contributed by atoms with E-state index in [2.05, 4.69) is 29.9 Å². The molecule has 6 nitrogen and oxygen atoms in total. The number of hydrogen-bond acceptors (Lipinski definition) is 4. The maximum atomic E-state index is 11.5. The summed E-state index contributed by atoms with van der Waals surface area (Å²) >= 11 is 0. The van der Waals surface area contributed by atoms with Crippen LogP contribution in [0.25, 0.3) is 5.65 Å². The second kappa shape index (κ2) is 5.59. The first kappa shape index (κ1) is 14.8. The van der Waals surface area contributed by atoms with Gasteiger partial charge in [-0.25, -0.2) is 4.98 Å². The molecule has 1 saturated heterocycles. The van der Waals surface area contributed by atoms with E-state index in [1.807, 2.05) is 16.3 Å². The summed E-state index contributed by atoms with van der Waals surface area (Å²) in [6.45, 7) is 11.0. The number of amides is 1. The van der Waals surface area contributed by atoms with Gasteiger partial charge in [0.25, 0.3) is 0 Å². The summed E-state index contributed by atoms with van der Waals surface area (Å²) in [6.07, 6.45) is 0.903. The number of fused-ring (bicyclic) bond motifs is 1. The Bertz CT molecular complexity index is 713. The molecule has 2 aromatic rings. The van der Waals surface area contributed by atoms with Crippen molar-refractivity contribution in [2.75, 3.05) is 31.1 Å². The smallest absolute Gasteiger partial charge is 0.219 e. The van der Waals surface area contributed by atoms with Crippen LogP contribution in [0.15, 0.2) is 6.07 Å². The third kappa shape index (κ3) is 2.42. The average Bonchev–Trinajstić information content (AvgIpc) is 2.81. The van der Waals surface area contributed by atoms with Gasteiger partial charge in [-0.15, -0.1) is 0 Å². The molecule has 2 aromatic heterocycles. The van der Waals surface area contributed by atoms with Gasteiger partial charge >= 0.3 is 0 Å². The molecule has 118 valence electrons. The van der Waals surface area contributed by atoms with Gasteiger partial charge in [-0.3, -0.25) is 4.79 Å². The van der Waals surface area contributed by atoms with E-state index >= 15 is 0 Å². The van der Waals surface area contributed by atoms with E-state index in [0.717, 1.165) is 61.0 Å². The van der Waals surface area contributed by atoms with Crippen molar-refractivity contribution in [3.63, 3.8) is 0 Å². The molecule has 0 unspecified atom stereocenters. The van der Waals surface area contributed by atoms with Crippen LogP contribution in [0.4, 0.5) is 5.82 Å². The molecule has 1 fully saturated rings. The van der Waals surface area contributed by atoms with Gasteiger partial charge in [-0.2, -0.15) is 9.61 Å². The number of nitrogens with zero attached hydrogens (tertiary/aromatic N) is 5. The van der Waals surface area contributed by atoms with Crippen LogP contribution in [0.2, 0.25) is 0 Å². The minimum absolute atomic E-state index is 0.152. The lowest BCUT2D eigenvalue weighted by molar-refractivity contribution is -0.129. The second-order valence-electron chi connectivity index (χ2n) is 5.90. The highest BCUT2D eigenvalue weighted by Gasteiger charge is 2.22. The van der Waals surface area contributed by atoms with Crippen LogP contribution in [-0.2, 0) is 11.2 Å². The summed E-state index contributed by atoms with van der Waals surface area (Å²) in [5, 5.41) is 4.65. The Balaban J connectivity index is 2.00. The average molecular weight is 301 g/mol. The minimum Gasteiger partial charge on any atom is -0.353 e. The van der Waals surface area contributed by atoms with Gasteiger partial charge in [0, 0.05) is 50.4 Å². The molecular weight excluding hydrogens is 278 g/mol. The molecule has 3 rings (SSSR count). The lowest BCUT2D eigenvalue weighted by Gasteiger charge is -2.35. The van der Waals surface area contributed by atoms with Gasteiger partial charge in [0.05, 0.1) is 5.69 Å². The molecule has 0 radical (unpaired) electrons. The van der Waals surface area contributed by atoms with Crippen molar-refractivity contribution in [3.05, 3.63) is 23.0 Å². The zero-order chi connectivity index (χ0) is 15.9. The summed E-state index contributed by atoms with van der Waals surface area (Å²) in [5.74, 6) is 1.24. The predicted octanol–water partition coefficient (Wildman–Crippen LogP) is 1.58. The van der Waals surface area contributed by atoms with Gasteiger partial charge in [0.15, 0.2) is 5.65 Å². The molecule has 22 heavy (non-hydrogen) atoms. The van der Waals surface area contributed by atoms with Crippen LogP contribution in [0.5, 0.6) is 0 Å². The number of hydrogen-bond donors (Lipinski definition) is 0. The predicted molar refractivity (Wildman–Crippen MR) is 86.3 cm³/mol. The molecule has 0 spiro atoms. The fourth-order valence-electron chi connectivity index (χ4n) is 2.92. The third-order valence-electron chi connectivity index (χ3n) is 4.50. The molecule has 0 bridgehead atoms. The van der Waals surface area contributed by atoms with Gasteiger partial charge < -0.3 is 9.80 Å². The van der Waals surface area contributed by atoms with Gasteiger partial charge in [-0.1, -0.05) is 6.92 Å². The van der Waals surface area contributed by atoms with E-state index < -0.39 is 0 Å². The summed E-state index contributed by atoms with van der Waals surface area (Å²) in [4.78, 5) is 20.4.